The summed E-state index contributed by atoms with van der Waals surface area (Å²) in [6.07, 6.45) is 6.11. The van der Waals surface area contributed by atoms with Gasteiger partial charge in [0.25, 0.3) is 0 Å². The molecule has 1 aromatic carbocycles. The lowest BCUT2D eigenvalue weighted by Crippen LogP contribution is -2.30. The Morgan fingerprint density at radius 2 is 2.21 bits per heavy atom. The van der Waals surface area contributed by atoms with Crippen molar-refractivity contribution in [3.05, 3.63) is 42.7 Å². The number of aromatic nitrogens is 2. The topological polar surface area (TPSA) is 62.2 Å². The molecule has 7 heteroatoms. The lowest BCUT2D eigenvalue weighted by molar-refractivity contribution is 0.252. The van der Waals surface area contributed by atoms with Crippen LogP contribution >= 0.6 is 0 Å². The van der Waals surface area contributed by atoms with Crippen LogP contribution in [-0.2, 0) is 6.54 Å². The van der Waals surface area contributed by atoms with Crippen LogP contribution in [0.2, 0.25) is 0 Å². The lowest BCUT2D eigenvalue weighted by atomic mass is 10.2. The van der Waals surface area contributed by atoms with Gasteiger partial charge in [0, 0.05) is 44.3 Å². The summed E-state index contributed by atoms with van der Waals surface area (Å²) >= 11 is 0. The molecule has 24 heavy (non-hydrogen) atoms. The van der Waals surface area contributed by atoms with Crippen molar-refractivity contribution in [3.63, 3.8) is 0 Å². The number of halogens is 1. The highest BCUT2D eigenvalue weighted by Gasteiger charge is 2.11. The lowest BCUT2D eigenvalue weighted by Gasteiger charge is -2.24. The van der Waals surface area contributed by atoms with Crippen LogP contribution in [0.1, 0.15) is 20.3 Å². The molecule has 2 amide bonds. The van der Waals surface area contributed by atoms with E-state index in [2.05, 4.69) is 15.6 Å². The highest BCUT2D eigenvalue weighted by Crippen LogP contribution is 2.23. The van der Waals surface area contributed by atoms with E-state index in [1.54, 1.807) is 24.7 Å². The zero-order valence-corrected chi connectivity index (χ0v) is 14.3. The Morgan fingerprint density at radius 1 is 1.42 bits per heavy atom. The Morgan fingerprint density at radius 3 is 2.83 bits per heavy atom. The number of hydrogen-bond donors (Lipinski definition) is 2. The van der Waals surface area contributed by atoms with Crippen molar-refractivity contribution in [2.75, 3.05) is 23.8 Å². The SMILES string of the molecule is CC(C)N(C)c1ccc(NC(=O)NCCCn2ccnc2)cc1F. The van der Waals surface area contributed by atoms with Gasteiger partial charge in [-0.2, -0.15) is 0 Å². The Bertz CT molecular complexity index is 657. The zero-order chi connectivity index (χ0) is 17.5. The predicted octanol–water partition coefficient (Wildman–Crippen LogP) is 3.08. The number of amides is 2. The second kappa shape index (κ2) is 8.33. The van der Waals surface area contributed by atoms with Crippen LogP contribution in [0.15, 0.2) is 36.9 Å². The first kappa shape index (κ1) is 17.8. The zero-order valence-electron chi connectivity index (χ0n) is 14.3. The minimum Gasteiger partial charge on any atom is -0.370 e. The van der Waals surface area contributed by atoms with E-state index < -0.39 is 0 Å². The van der Waals surface area contributed by atoms with E-state index in [1.165, 1.54) is 6.07 Å². The standard InChI is InChI=1S/C17H24FN5O/c1-13(2)22(3)16-6-5-14(11-15(16)18)21-17(24)20-7-4-9-23-10-8-19-12-23/h5-6,8,10-13H,4,7,9H2,1-3H3,(H2,20,21,24). The summed E-state index contributed by atoms with van der Waals surface area (Å²) in [6.45, 7) is 5.29. The molecular formula is C17H24FN5O. The molecule has 0 bridgehead atoms. The van der Waals surface area contributed by atoms with Crippen molar-refractivity contribution >= 4 is 17.4 Å². The van der Waals surface area contributed by atoms with Gasteiger partial charge in [-0.1, -0.05) is 0 Å². The van der Waals surface area contributed by atoms with Gasteiger partial charge in [0.15, 0.2) is 0 Å². The summed E-state index contributed by atoms with van der Waals surface area (Å²) in [5.74, 6) is -0.357. The van der Waals surface area contributed by atoms with Crippen LogP contribution in [0.5, 0.6) is 0 Å². The molecule has 0 saturated heterocycles. The van der Waals surface area contributed by atoms with Crippen molar-refractivity contribution in [3.8, 4) is 0 Å². The van der Waals surface area contributed by atoms with Crippen LogP contribution < -0.4 is 15.5 Å². The fourth-order valence-corrected chi connectivity index (χ4v) is 2.21. The molecule has 0 radical (unpaired) electrons. The first-order chi connectivity index (χ1) is 11.5. The third kappa shape index (κ3) is 4.97. The summed E-state index contributed by atoms with van der Waals surface area (Å²) in [5, 5.41) is 5.40. The van der Waals surface area contributed by atoms with Crippen LogP contribution in [0.4, 0.5) is 20.6 Å². The first-order valence-electron chi connectivity index (χ1n) is 8.00. The van der Waals surface area contributed by atoms with Crippen molar-refractivity contribution < 1.29 is 9.18 Å². The third-order valence-electron chi connectivity index (χ3n) is 3.80. The molecule has 2 rings (SSSR count). The molecule has 0 spiro atoms. The fraction of sp³-hybridized carbons (Fsp3) is 0.412. The quantitative estimate of drug-likeness (QED) is 0.766. The van der Waals surface area contributed by atoms with Gasteiger partial charge >= 0.3 is 6.03 Å². The van der Waals surface area contributed by atoms with Crippen LogP contribution in [0.25, 0.3) is 0 Å². The van der Waals surface area contributed by atoms with Crippen LogP contribution in [0.3, 0.4) is 0 Å². The Balaban J connectivity index is 1.80. The smallest absolute Gasteiger partial charge is 0.319 e. The van der Waals surface area contributed by atoms with E-state index in [0.717, 1.165) is 13.0 Å². The molecular weight excluding hydrogens is 309 g/mol. The monoisotopic (exact) mass is 333 g/mol. The van der Waals surface area contributed by atoms with Crippen molar-refractivity contribution in [2.45, 2.75) is 32.9 Å². The largest absolute Gasteiger partial charge is 0.370 e. The van der Waals surface area contributed by atoms with Gasteiger partial charge in [-0.15, -0.1) is 0 Å². The van der Waals surface area contributed by atoms with Crippen LogP contribution in [0, 0.1) is 5.82 Å². The van der Waals surface area contributed by atoms with E-state index in [9.17, 15) is 9.18 Å². The van der Waals surface area contributed by atoms with Gasteiger partial charge in [-0.05, 0) is 38.5 Å². The summed E-state index contributed by atoms with van der Waals surface area (Å²) in [4.78, 5) is 17.6. The summed E-state index contributed by atoms with van der Waals surface area (Å²) in [5.41, 5.74) is 0.941. The number of aryl methyl sites for hydroxylation is 1. The molecule has 2 N–H and O–H groups in total. The van der Waals surface area contributed by atoms with Crippen molar-refractivity contribution in [1.29, 1.82) is 0 Å². The molecule has 0 aliphatic carbocycles. The second-order valence-electron chi connectivity index (χ2n) is 5.91. The van der Waals surface area contributed by atoms with E-state index in [1.807, 2.05) is 36.6 Å². The minimum atomic E-state index is -0.357. The number of nitrogens with one attached hydrogen (secondary N) is 2. The fourth-order valence-electron chi connectivity index (χ4n) is 2.21. The Labute approximate surface area is 141 Å². The number of carbonyl (C=O) groups excluding carboxylic acids is 1. The van der Waals surface area contributed by atoms with Gasteiger partial charge < -0.3 is 20.1 Å². The van der Waals surface area contributed by atoms with E-state index in [0.29, 0.717) is 17.9 Å². The van der Waals surface area contributed by atoms with Gasteiger partial charge in [-0.25, -0.2) is 14.2 Å². The number of nitrogens with zero attached hydrogens (tertiary/aromatic N) is 3. The third-order valence-corrected chi connectivity index (χ3v) is 3.80. The summed E-state index contributed by atoms with van der Waals surface area (Å²) < 4.78 is 16.1. The predicted molar refractivity (Wildman–Crippen MR) is 93.8 cm³/mol. The average molecular weight is 333 g/mol. The maximum atomic E-state index is 14.2. The number of carbonyl (C=O) groups is 1. The van der Waals surface area contributed by atoms with Gasteiger partial charge in [0.1, 0.15) is 5.82 Å². The second-order valence-corrected chi connectivity index (χ2v) is 5.91. The number of hydrogen-bond acceptors (Lipinski definition) is 3. The molecule has 2 aromatic rings. The van der Waals surface area contributed by atoms with Crippen molar-refractivity contribution in [1.82, 2.24) is 14.9 Å². The minimum absolute atomic E-state index is 0.192. The maximum absolute atomic E-state index is 14.2. The molecule has 0 saturated carbocycles. The molecule has 6 nitrogen and oxygen atoms in total. The molecule has 0 aliphatic heterocycles. The normalized spacial score (nSPS) is 10.7. The van der Waals surface area contributed by atoms with E-state index >= 15 is 0 Å². The molecule has 1 aromatic heterocycles. The number of urea groups is 1. The van der Waals surface area contributed by atoms with Gasteiger partial charge in [0.05, 0.1) is 12.0 Å². The highest BCUT2D eigenvalue weighted by molar-refractivity contribution is 5.89. The number of rotatable bonds is 7. The Kier molecular flexibility index (Phi) is 6.17. The molecule has 1 heterocycles. The summed E-state index contributed by atoms with van der Waals surface area (Å²) in [6, 6.07) is 4.55. The van der Waals surface area contributed by atoms with E-state index in [4.69, 9.17) is 0 Å². The average Bonchev–Trinajstić information content (AvgIpc) is 3.04. The van der Waals surface area contributed by atoms with Crippen LogP contribution in [-0.4, -0.2) is 35.2 Å². The van der Waals surface area contributed by atoms with E-state index in [-0.39, 0.29) is 17.9 Å². The molecule has 0 fully saturated rings. The number of anilines is 2. The first-order valence-corrected chi connectivity index (χ1v) is 8.00. The molecule has 130 valence electrons. The molecule has 0 unspecified atom stereocenters. The molecule has 0 atom stereocenters. The highest BCUT2D eigenvalue weighted by atomic mass is 19.1. The van der Waals surface area contributed by atoms with Gasteiger partial charge in [0.2, 0.25) is 0 Å². The van der Waals surface area contributed by atoms with Crippen molar-refractivity contribution in [2.24, 2.45) is 0 Å². The number of imidazole rings is 1. The summed E-state index contributed by atoms with van der Waals surface area (Å²) in [7, 11) is 1.84. The maximum Gasteiger partial charge on any atom is 0.319 e. The molecule has 0 aliphatic rings. The number of benzene rings is 1. The van der Waals surface area contributed by atoms with Gasteiger partial charge in [-0.3, -0.25) is 0 Å². The Hall–Kier alpha value is -2.57.